The van der Waals surface area contributed by atoms with Crippen LogP contribution >= 0.6 is 0 Å². The number of carbonyl (C=O) groups is 1. The standard InChI is InChI=1S/C9H12N2O4/c1-3-4-6-5-7(12)11(8(13)10-6)9(14)15-2/h5H,3-4H2,1-2H3,(H,10,13). The van der Waals surface area contributed by atoms with Gasteiger partial charge in [0, 0.05) is 11.8 Å². The van der Waals surface area contributed by atoms with Crippen LogP contribution in [0, 0.1) is 0 Å². The van der Waals surface area contributed by atoms with Crippen LogP contribution in [-0.2, 0) is 11.2 Å². The van der Waals surface area contributed by atoms with Crippen LogP contribution in [0.1, 0.15) is 19.0 Å². The first-order chi connectivity index (χ1) is 7.10. The fourth-order valence-corrected chi connectivity index (χ4v) is 1.21. The maximum absolute atomic E-state index is 11.4. The zero-order valence-electron chi connectivity index (χ0n) is 8.57. The molecule has 1 N–H and O–H groups in total. The van der Waals surface area contributed by atoms with Gasteiger partial charge in [-0.1, -0.05) is 13.3 Å². The number of aromatic nitrogens is 2. The first-order valence-electron chi connectivity index (χ1n) is 4.53. The van der Waals surface area contributed by atoms with Crippen molar-refractivity contribution in [2.45, 2.75) is 19.8 Å². The summed E-state index contributed by atoms with van der Waals surface area (Å²) in [4.78, 5) is 36.2. The van der Waals surface area contributed by atoms with Crippen LogP contribution in [0.4, 0.5) is 4.79 Å². The fourth-order valence-electron chi connectivity index (χ4n) is 1.21. The highest BCUT2D eigenvalue weighted by Gasteiger charge is 2.11. The van der Waals surface area contributed by atoms with Gasteiger partial charge in [-0.15, -0.1) is 0 Å². The van der Waals surface area contributed by atoms with Crippen molar-refractivity contribution < 1.29 is 9.53 Å². The highest BCUT2D eigenvalue weighted by atomic mass is 16.5. The number of aryl methyl sites for hydroxylation is 1. The number of rotatable bonds is 2. The fraction of sp³-hybridized carbons (Fsp3) is 0.444. The molecule has 0 radical (unpaired) electrons. The molecule has 0 saturated heterocycles. The van der Waals surface area contributed by atoms with Crippen molar-refractivity contribution >= 4 is 6.09 Å². The van der Waals surface area contributed by atoms with E-state index in [9.17, 15) is 14.4 Å². The molecule has 82 valence electrons. The molecule has 0 aromatic carbocycles. The molecular formula is C9H12N2O4. The Hall–Kier alpha value is -1.85. The summed E-state index contributed by atoms with van der Waals surface area (Å²) < 4.78 is 4.72. The molecule has 0 atom stereocenters. The Bertz CT molecular complexity index is 440. The lowest BCUT2D eigenvalue weighted by Gasteiger charge is -2.02. The van der Waals surface area contributed by atoms with E-state index < -0.39 is 17.3 Å². The zero-order valence-corrected chi connectivity index (χ0v) is 8.57. The summed E-state index contributed by atoms with van der Waals surface area (Å²) in [6.07, 6.45) is 0.411. The van der Waals surface area contributed by atoms with Crippen LogP contribution in [0.25, 0.3) is 0 Å². The van der Waals surface area contributed by atoms with Gasteiger partial charge in [-0.25, -0.2) is 9.59 Å². The number of hydrogen-bond acceptors (Lipinski definition) is 4. The molecule has 0 spiro atoms. The van der Waals surface area contributed by atoms with Crippen molar-refractivity contribution in [1.29, 1.82) is 0 Å². The smallest absolute Gasteiger partial charge is 0.425 e. The SMILES string of the molecule is CCCc1cc(=O)n(C(=O)OC)c(=O)[nH]1. The van der Waals surface area contributed by atoms with E-state index in [0.29, 0.717) is 16.7 Å². The van der Waals surface area contributed by atoms with Crippen molar-refractivity contribution in [3.63, 3.8) is 0 Å². The minimum atomic E-state index is -0.982. The van der Waals surface area contributed by atoms with E-state index in [1.807, 2.05) is 6.92 Å². The summed E-state index contributed by atoms with van der Waals surface area (Å²) in [5, 5.41) is 0. The van der Waals surface area contributed by atoms with Crippen LogP contribution in [0.3, 0.4) is 0 Å². The third-order valence-electron chi connectivity index (χ3n) is 1.87. The normalized spacial score (nSPS) is 10.0. The summed E-state index contributed by atoms with van der Waals surface area (Å²) in [5.41, 5.74) is -0.917. The predicted molar refractivity (Wildman–Crippen MR) is 53.1 cm³/mol. The van der Waals surface area contributed by atoms with Crippen LogP contribution < -0.4 is 11.2 Å². The molecule has 0 aliphatic carbocycles. The van der Waals surface area contributed by atoms with Crippen LogP contribution in [-0.4, -0.2) is 22.8 Å². The summed E-state index contributed by atoms with van der Waals surface area (Å²) in [6.45, 7) is 1.92. The minimum Gasteiger partial charge on any atom is -0.452 e. The van der Waals surface area contributed by atoms with Gasteiger partial charge in [-0.2, -0.15) is 4.57 Å². The summed E-state index contributed by atoms with van der Waals surface area (Å²) in [7, 11) is 1.11. The Morgan fingerprint density at radius 3 is 2.67 bits per heavy atom. The molecule has 1 rings (SSSR count). The Morgan fingerprint density at radius 2 is 2.20 bits per heavy atom. The second kappa shape index (κ2) is 4.59. The van der Waals surface area contributed by atoms with Gasteiger partial charge in [0.25, 0.3) is 5.56 Å². The summed E-state index contributed by atoms with van der Waals surface area (Å²) in [6, 6.07) is 1.22. The van der Waals surface area contributed by atoms with E-state index in [0.717, 1.165) is 13.5 Å². The average Bonchev–Trinajstić information content (AvgIpc) is 2.16. The van der Waals surface area contributed by atoms with Gasteiger partial charge in [0.1, 0.15) is 0 Å². The Balaban J connectivity index is 3.28. The molecule has 1 aromatic rings. The van der Waals surface area contributed by atoms with Gasteiger partial charge >= 0.3 is 11.8 Å². The topological polar surface area (TPSA) is 81.2 Å². The van der Waals surface area contributed by atoms with Gasteiger partial charge in [-0.3, -0.25) is 4.79 Å². The number of nitrogens with one attached hydrogen (secondary N) is 1. The monoisotopic (exact) mass is 212 g/mol. The Morgan fingerprint density at radius 1 is 1.53 bits per heavy atom. The molecule has 6 nitrogen and oxygen atoms in total. The van der Waals surface area contributed by atoms with E-state index in [4.69, 9.17) is 0 Å². The number of nitrogens with zero attached hydrogens (tertiary/aromatic N) is 1. The molecule has 1 heterocycles. The van der Waals surface area contributed by atoms with Crippen molar-refractivity contribution in [2.75, 3.05) is 7.11 Å². The highest BCUT2D eigenvalue weighted by molar-refractivity contribution is 5.69. The third kappa shape index (κ3) is 2.34. The number of hydrogen-bond donors (Lipinski definition) is 1. The Labute approximate surface area is 85.5 Å². The molecule has 1 aromatic heterocycles. The van der Waals surface area contributed by atoms with E-state index in [1.165, 1.54) is 6.07 Å². The number of aromatic amines is 1. The van der Waals surface area contributed by atoms with Gasteiger partial charge in [0.2, 0.25) is 0 Å². The quantitative estimate of drug-likeness (QED) is 0.754. The number of H-pyrrole nitrogens is 1. The molecule has 0 fully saturated rings. The molecule has 0 unspecified atom stereocenters. The summed E-state index contributed by atoms with van der Waals surface area (Å²) >= 11 is 0. The molecule has 15 heavy (non-hydrogen) atoms. The predicted octanol–water partition coefficient (Wildman–Crippen LogP) is 0.104. The van der Waals surface area contributed by atoms with E-state index >= 15 is 0 Å². The van der Waals surface area contributed by atoms with Gasteiger partial charge in [0.15, 0.2) is 0 Å². The first kappa shape index (κ1) is 11.2. The lowest BCUT2D eigenvalue weighted by molar-refractivity contribution is 0.170. The molecule has 0 saturated carbocycles. The highest BCUT2D eigenvalue weighted by Crippen LogP contribution is 1.92. The van der Waals surface area contributed by atoms with Crippen molar-refractivity contribution in [3.8, 4) is 0 Å². The van der Waals surface area contributed by atoms with Crippen molar-refractivity contribution in [1.82, 2.24) is 9.55 Å². The van der Waals surface area contributed by atoms with Crippen molar-refractivity contribution in [2.24, 2.45) is 0 Å². The molecule has 0 aliphatic rings. The molecule has 0 aliphatic heterocycles. The second-order valence-corrected chi connectivity index (χ2v) is 2.99. The van der Waals surface area contributed by atoms with Gasteiger partial charge in [0.05, 0.1) is 7.11 Å². The Kier molecular flexibility index (Phi) is 3.43. The number of methoxy groups -OCH3 is 1. The first-order valence-corrected chi connectivity index (χ1v) is 4.53. The van der Waals surface area contributed by atoms with Gasteiger partial charge < -0.3 is 9.72 Å². The molecular weight excluding hydrogens is 200 g/mol. The molecule has 6 heteroatoms. The number of ether oxygens (including phenoxy) is 1. The largest absolute Gasteiger partial charge is 0.452 e. The zero-order chi connectivity index (χ0) is 11.4. The number of carbonyl (C=O) groups excluding carboxylic acids is 1. The van der Waals surface area contributed by atoms with E-state index in [1.54, 1.807) is 0 Å². The second-order valence-electron chi connectivity index (χ2n) is 2.99. The van der Waals surface area contributed by atoms with Crippen LogP contribution in [0.5, 0.6) is 0 Å². The maximum atomic E-state index is 11.4. The van der Waals surface area contributed by atoms with E-state index in [-0.39, 0.29) is 0 Å². The minimum absolute atomic E-state index is 0.416. The average molecular weight is 212 g/mol. The van der Waals surface area contributed by atoms with Crippen LogP contribution in [0.2, 0.25) is 0 Å². The maximum Gasteiger partial charge on any atom is 0.425 e. The lowest BCUT2D eigenvalue weighted by Crippen LogP contribution is -2.40. The summed E-state index contributed by atoms with van der Waals surface area (Å²) in [5.74, 6) is 0. The third-order valence-corrected chi connectivity index (χ3v) is 1.87. The van der Waals surface area contributed by atoms with Gasteiger partial charge in [-0.05, 0) is 6.42 Å². The molecule has 0 amide bonds. The van der Waals surface area contributed by atoms with E-state index in [2.05, 4.69) is 9.72 Å². The lowest BCUT2D eigenvalue weighted by atomic mass is 10.2. The molecule has 0 bridgehead atoms. The van der Waals surface area contributed by atoms with Crippen LogP contribution in [0.15, 0.2) is 15.7 Å². The van der Waals surface area contributed by atoms with Crippen molar-refractivity contribution in [3.05, 3.63) is 32.6 Å².